The van der Waals surface area contributed by atoms with Crippen molar-refractivity contribution in [3.8, 4) is 17.2 Å². The summed E-state index contributed by atoms with van der Waals surface area (Å²) >= 11 is 0. The quantitative estimate of drug-likeness (QED) is 0.264. The lowest BCUT2D eigenvalue weighted by Crippen LogP contribution is -2.36. The first-order valence-electron chi connectivity index (χ1n) is 14.3. The monoisotopic (exact) mass is 591 g/mol. The zero-order valence-electron chi connectivity index (χ0n) is 24.4. The van der Waals surface area contributed by atoms with Crippen LogP contribution >= 0.6 is 0 Å². The molecule has 4 heterocycles. The number of hydrogen-bond acceptors (Lipinski definition) is 10. The largest absolute Gasteiger partial charge is 0.495 e. The van der Waals surface area contributed by atoms with Crippen molar-refractivity contribution in [2.45, 2.75) is 31.2 Å². The molecule has 2 fully saturated rings. The van der Waals surface area contributed by atoms with Gasteiger partial charge >= 0.3 is 0 Å². The lowest BCUT2D eigenvalue weighted by Gasteiger charge is -2.30. The van der Waals surface area contributed by atoms with Gasteiger partial charge in [-0.1, -0.05) is 0 Å². The molecule has 0 bridgehead atoms. The lowest BCUT2D eigenvalue weighted by molar-refractivity contribution is 0.0650. The van der Waals surface area contributed by atoms with Crippen molar-refractivity contribution >= 4 is 33.9 Å². The molecule has 0 amide bonds. The third-order valence-electron chi connectivity index (χ3n) is 8.01. The zero-order valence-corrected chi connectivity index (χ0v) is 24.4. The molecule has 2 aromatic carbocycles. The van der Waals surface area contributed by atoms with Crippen LogP contribution in [0.1, 0.15) is 12.8 Å². The molecule has 6 rings (SSSR count). The Kier molecular flexibility index (Phi) is 8.39. The summed E-state index contributed by atoms with van der Waals surface area (Å²) in [6.07, 6.45) is 3.47. The highest BCUT2D eigenvalue weighted by atomic mass is 19.1. The molecular formula is C31H35F2N7O3. The van der Waals surface area contributed by atoms with Crippen molar-refractivity contribution in [1.82, 2.24) is 19.9 Å². The number of aromatic nitrogens is 3. The summed E-state index contributed by atoms with van der Waals surface area (Å²) in [7, 11) is 5.26. The maximum absolute atomic E-state index is 15.3. The van der Waals surface area contributed by atoms with E-state index >= 15 is 4.39 Å². The van der Waals surface area contributed by atoms with Gasteiger partial charge in [0.2, 0.25) is 0 Å². The number of likely N-dealkylation sites (tertiary alicyclic amines) is 1. The number of rotatable bonds is 9. The minimum absolute atomic E-state index is 0.185. The number of nitrogens with zero attached hydrogens (tertiary/aromatic N) is 5. The molecule has 0 spiro atoms. The van der Waals surface area contributed by atoms with Gasteiger partial charge in [0.1, 0.15) is 53.3 Å². The molecular weight excluding hydrogens is 556 g/mol. The normalized spacial score (nSPS) is 19.5. The first-order valence-corrected chi connectivity index (χ1v) is 14.3. The van der Waals surface area contributed by atoms with Crippen LogP contribution in [0.15, 0.2) is 55.0 Å². The molecule has 0 aliphatic carbocycles. The van der Waals surface area contributed by atoms with Gasteiger partial charge in [0.15, 0.2) is 0 Å². The molecule has 10 nitrogen and oxygen atoms in total. The number of nitrogens with one attached hydrogen (secondary N) is 2. The molecule has 12 heteroatoms. The zero-order chi connectivity index (χ0) is 29.9. The second-order valence-corrected chi connectivity index (χ2v) is 10.9. The smallest absolute Gasteiger partial charge is 0.150 e. The second kappa shape index (κ2) is 12.5. The predicted molar refractivity (Wildman–Crippen MR) is 162 cm³/mol. The summed E-state index contributed by atoms with van der Waals surface area (Å²) in [6, 6.07) is 12.1. The van der Waals surface area contributed by atoms with Crippen LogP contribution in [-0.4, -0.2) is 85.6 Å². The van der Waals surface area contributed by atoms with Crippen LogP contribution in [0.5, 0.6) is 17.2 Å². The highest BCUT2D eigenvalue weighted by Crippen LogP contribution is 2.35. The summed E-state index contributed by atoms with van der Waals surface area (Å²) in [6.45, 7) is 2.63. The van der Waals surface area contributed by atoms with E-state index in [0.29, 0.717) is 47.0 Å². The fourth-order valence-electron chi connectivity index (χ4n) is 5.54. The first-order chi connectivity index (χ1) is 20.9. The molecule has 2 N–H and O–H groups in total. The number of halogens is 2. The first kappa shape index (κ1) is 28.8. The number of ether oxygens (including phenoxy) is 3. The van der Waals surface area contributed by atoms with E-state index in [2.05, 4.69) is 37.5 Å². The van der Waals surface area contributed by atoms with Crippen LogP contribution in [0.3, 0.4) is 0 Å². The highest BCUT2D eigenvalue weighted by molar-refractivity contribution is 5.95. The molecule has 43 heavy (non-hydrogen) atoms. The van der Waals surface area contributed by atoms with Crippen molar-refractivity contribution in [2.24, 2.45) is 0 Å². The van der Waals surface area contributed by atoms with Crippen molar-refractivity contribution in [1.29, 1.82) is 0 Å². The number of hydrogen-bond donors (Lipinski definition) is 2. The van der Waals surface area contributed by atoms with Gasteiger partial charge in [-0.25, -0.2) is 23.7 Å². The third kappa shape index (κ3) is 6.40. The predicted octanol–water partition coefficient (Wildman–Crippen LogP) is 5.39. The minimum Gasteiger partial charge on any atom is -0.495 e. The van der Waals surface area contributed by atoms with E-state index in [1.54, 1.807) is 42.5 Å². The van der Waals surface area contributed by atoms with E-state index in [1.807, 2.05) is 12.1 Å². The van der Waals surface area contributed by atoms with Crippen molar-refractivity contribution in [3.05, 3.63) is 60.8 Å². The standard InChI is InChI=1S/C31H35F2N7O3/c1-39-10-7-19(8-11-39)37-27-14-22-26(15-28(27)41-2)35-18-36-31(22)38-25-5-4-20(12-23(25)32)43-21-6-9-34-30(13-21)40-16-24(33)29(17-40)42-3/h4-6,9,12-15,18-19,24,29,37H,7-8,10-11,16-17H2,1-3H3,(H,35,36,38). The molecule has 2 aliphatic heterocycles. The Morgan fingerprint density at radius 1 is 0.930 bits per heavy atom. The van der Waals surface area contributed by atoms with Gasteiger partial charge in [-0.05, 0) is 57.2 Å². The number of benzene rings is 2. The summed E-state index contributed by atoms with van der Waals surface area (Å²) in [5, 5.41) is 7.47. The molecule has 2 aliphatic rings. The van der Waals surface area contributed by atoms with Gasteiger partial charge in [0, 0.05) is 49.5 Å². The summed E-state index contributed by atoms with van der Waals surface area (Å²) < 4.78 is 46.3. The SMILES string of the molecule is COc1cc2ncnc(Nc3ccc(Oc4ccnc(N5CC(F)C(OC)C5)c4)cc3F)c2cc1NC1CCN(C)CC1. The van der Waals surface area contributed by atoms with E-state index in [0.717, 1.165) is 37.0 Å². The fraction of sp³-hybridized carbons (Fsp3) is 0.387. The van der Waals surface area contributed by atoms with Crippen molar-refractivity contribution in [3.63, 3.8) is 0 Å². The number of methoxy groups -OCH3 is 2. The van der Waals surface area contributed by atoms with E-state index in [1.165, 1.54) is 19.5 Å². The van der Waals surface area contributed by atoms with Gasteiger partial charge in [0.25, 0.3) is 0 Å². The number of alkyl halides is 1. The van der Waals surface area contributed by atoms with Gasteiger partial charge in [-0.2, -0.15) is 0 Å². The number of pyridine rings is 1. The Labute approximate surface area is 249 Å². The van der Waals surface area contributed by atoms with Gasteiger partial charge in [-0.15, -0.1) is 0 Å². The van der Waals surface area contributed by atoms with E-state index in [-0.39, 0.29) is 12.2 Å². The van der Waals surface area contributed by atoms with Gasteiger partial charge in [0.05, 0.1) is 30.5 Å². The average Bonchev–Trinajstić information content (AvgIpc) is 3.40. The van der Waals surface area contributed by atoms with E-state index in [4.69, 9.17) is 14.2 Å². The number of fused-ring (bicyclic) bond motifs is 1. The van der Waals surface area contributed by atoms with Crippen LogP contribution in [0, 0.1) is 5.82 Å². The Morgan fingerprint density at radius 2 is 1.74 bits per heavy atom. The van der Waals surface area contributed by atoms with Crippen LogP contribution in [0.4, 0.5) is 31.8 Å². The van der Waals surface area contributed by atoms with Crippen LogP contribution in [-0.2, 0) is 4.74 Å². The molecule has 226 valence electrons. The van der Waals surface area contributed by atoms with Crippen molar-refractivity contribution in [2.75, 3.05) is 63.0 Å². The van der Waals surface area contributed by atoms with Crippen LogP contribution < -0.4 is 25.0 Å². The number of piperidine rings is 1. The topological polar surface area (TPSA) is 96.9 Å². The van der Waals surface area contributed by atoms with E-state index < -0.39 is 18.1 Å². The fourth-order valence-corrected chi connectivity index (χ4v) is 5.54. The molecule has 2 aromatic heterocycles. The Morgan fingerprint density at radius 3 is 2.49 bits per heavy atom. The molecule has 4 aromatic rings. The molecule has 0 radical (unpaired) electrons. The Balaban J connectivity index is 1.19. The third-order valence-corrected chi connectivity index (χ3v) is 8.01. The maximum Gasteiger partial charge on any atom is 0.150 e. The molecule has 0 saturated carbocycles. The van der Waals surface area contributed by atoms with Gasteiger partial charge < -0.3 is 34.6 Å². The average molecular weight is 592 g/mol. The summed E-state index contributed by atoms with van der Waals surface area (Å²) in [5.41, 5.74) is 1.75. The van der Waals surface area contributed by atoms with Gasteiger partial charge in [-0.3, -0.25) is 0 Å². The number of anilines is 4. The molecule has 2 unspecified atom stereocenters. The van der Waals surface area contributed by atoms with Crippen molar-refractivity contribution < 1.29 is 23.0 Å². The summed E-state index contributed by atoms with van der Waals surface area (Å²) in [5.74, 6) is 1.98. The second-order valence-electron chi connectivity index (χ2n) is 10.9. The maximum atomic E-state index is 15.3. The molecule has 2 saturated heterocycles. The van der Waals surface area contributed by atoms with Crippen LogP contribution in [0.25, 0.3) is 10.9 Å². The van der Waals surface area contributed by atoms with E-state index in [9.17, 15) is 4.39 Å². The van der Waals surface area contributed by atoms with Crippen LogP contribution in [0.2, 0.25) is 0 Å². The lowest BCUT2D eigenvalue weighted by atomic mass is 10.0. The Hall–Kier alpha value is -4.29. The highest BCUT2D eigenvalue weighted by Gasteiger charge is 2.33. The minimum atomic E-state index is -1.10. The Bertz CT molecular complexity index is 1580. The summed E-state index contributed by atoms with van der Waals surface area (Å²) in [4.78, 5) is 17.3. The molecule has 2 atom stereocenters.